The van der Waals surface area contributed by atoms with Gasteiger partial charge in [0.05, 0.1) is 11.0 Å². The van der Waals surface area contributed by atoms with E-state index in [0.717, 1.165) is 21.8 Å². The predicted molar refractivity (Wildman–Crippen MR) is 77.7 cm³/mol. The number of aliphatic carboxylic acids is 1. The van der Waals surface area contributed by atoms with Gasteiger partial charge in [0.25, 0.3) is 0 Å². The minimum Gasteiger partial charge on any atom is -0.480 e. The van der Waals surface area contributed by atoms with Crippen LogP contribution in [-0.4, -0.2) is 27.1 Å². The molecule has 4 N–H and O–H groups in total. The average molecular weight is 269 g/mol. The van der Waals surface area contributed by atoms with Crippen LogP contribution < -0.4 is 5.73 Å². The maximum Gasteiger partial charge on any atom is 0.320 e. The Morgan fingerprint density at radius 3 is 2.90 bits per heavy atom. The smallest absolute Gasteiger partial charge is 0.320 e. The quantitative estimate of drug-likeness (QED) is 0.678. The number of benzene rings is 2. The third-order valence-corrected chi connectivity index (χ3v) is 3.38. The van der Waals surface area contributed by atoms with Crippen molar-refractivity contribution in [1.29, 1.82) is 0 Å². The van der Waals surface area contributed by atoms with E-state index in [1.807, 2.05) is 19.1 Å². The van der Waals surface area contributed by atoms with Gasteiger partial charge in [0.15, 0.2) is 0 Å². The van der Waals surface area contributed by atoms with Crippen LogP contribution in [0.15, 0.2) is 30.3 Å². The molecular formula is C15H15N3O2. The van der Waals surface area contributed by atoms with Crippen molar-refractivity contribution in [3.05, 3.63) is 41.7 Å². The number of aryl methyl sites for hydroxylation is 1. The zero-order valence-electron chi connectivity index (χ0n) is 11.1. The van der Waals surface area contributed by atoms with Gasteiger partial charge in [0.2, 0.25) is 0 Å². The van der Waals surface area contributed by atoms with E-state index in [2.05, 4.69) is 28.2 Å². The number of rotatable bonds is 3. The second kappa shape index (κ2) is 4.61. The van der Waals surface area contributed by atoms with E-state index < -0.39 is 12.0 Å². The van der Waals surface area contributed by atoms with E-state index in [9.17, 15) is 4.79 Å². The van der Waals surface area contributed by atoms with E-state index in [1.54, 1.807) is 0 Å². The highest BCUT2D eigenvalue weighted by atomic mass is 16.4. The first-order valence-electron chi connectivity index (χ1n) is 6.40. The fraction of sp³-hybridized carbons (Fsp3) is 0.200. The lowest BCUT2D eigenvalue weighted by Gasteiger charge is -2.01. The Morgan fingerprint density at radius 1 is 1.35 bits per heavy atom. The van der Waals surface area contributed by atoms with E-state index in [1.165, 1.54) is 5.56 Å². The third-order valence-electron chi connectivity index (χ3n) is 3.38. The van der Waals surface area contributed by atoms with Gasteiger partial charge >= 0.3 is 5.97 Å². The molecule has 0 amide bonds. The second-order valence-corrected chi connectivity index (χ2v) is 5.05. The van der Waals surface area contributed by atoms with Crippen molar-refractivity contribution in [2.75, 3.05) is 0 Å². The SMILES string of the molecule is Cc1ccc2cc3nc(C[C@H](N)C(=O)O)[nH]c3cc2c1. The Labute approximate surface area is 115 Å². The normalized spacial score (nSPS) is 12.9. The summed E-state index contributed by atoms with van der Waals surface area (Å²) in [7, 11) is 0. The molecule has 0 radical (unpaired) electrons. The number of hydrogen-bond donors (Lipinski definition) is 3. The Kier molecular flexibility index (Phi) is 2.91. The molecule has 3 aromatic rings. The van der Waals surface area contributed by atoms with Crippen LogP contribution in [0.2, 0.25) is 0 Å². The van der Waals surface area contributed by atoms with Crippen molar-refractivity contribution in [3.8, 4) is 0 Å². The molecule has 0 aliphatic rings. The summed E-state index contributed by atoms with van der Waals surface area (Å²) in [4.78, 5) is 18.3. The number of carbonyl (C=O) groups is 1. The molecule has 5 heteroatoms. The molecule has 0 aliphatic heterocycles. The van der Waals surface area contributed by atoms with Gasteiger partial charge < -0.3 is 15.8 Å². The largest absolute Gasteiger partial charge is 0.480 e. The number of aromatic amines is 1. The molecule has 0 spiro atoms. The van der Waals surface area contributed by atoms with Gasteiger partial charge in [-0.05, 0) is 29.8 Å². The lowest BCUT2D eigenvalue weighted by atomic mass is 10.1. The van der Waals surface area contributed by atoms with Crippen LogP contribution in [-0.2, 0) is 11.2 Å². The summed E-state index contributed by atoms with van der Waals surface area (Å²) >= 11 is 0. The molecule has 1 heterocycles. The molecule has 0 bridgehead atoms. The molecule has 102 valence electrons. The molecule has 3 rings (SSSR count). The van der Waals surface area contributed by atoms with Crippen molar-refractivity contribution in [3.63, 3.8) is 0 Å². The average Bonchev–Trinajstić information content (AvgIpc) is 2.76. The highest BCUT2D eigenvalue weighted by molar-refractivity contribution is 5.95. The van der Waals surface area contributed by atoms with Gasteiger partial charge in [-0.3, -0.25) is 4.79 Å². The van der Waals surface area contributed by atoms with Crippen LogP contribution in [0.5, 0.6) is 0 Å². The summed E-state index contributed by atoms with van der Waals surface area (Å²) in [5, 5.41) is 11.1. The van der Waals surface area contributed by atoms with Crippen LogP contribution in [0.3, 0.4) is 0 Å². The molecule has 0 aliphatic carbocycles. The number of H-pyrrole nitrogens is 1. The highest BCUT2D eigenvalue weighted by Gasteiger charge is 2.14. The summed E-state index contributed by atoms with van der Waals surface area (Å²) in [5.74, 6) is -0.423. The Bertz CT molecular complexity index is 807. The van der Waals surface area contributed by atoms with Crippen molar-refractivity contribution < 1.29 is 9.90 Å². The van der Waals surface area contributed by atoms with Gasteiger partial charge in [0, 0.05) is 6.42 Å². The summed E-state index contributed by atoms with van der Waals surface area (Å²) in [6.07, 6.45) is 0.194. The number of fused-ring (bicyclic) bond motifs is 2. The number of carboxylic acids is 1. The molecule has 0 fully saturated rings. The van der Waals surface area contributed by atoms with Crippen LogP contribution in [0.4, 0.5) is 0 Å². The monoisotopic (exact) mass is 269 g/mol. The van der Waals surface area contributed by atoms with Crippen LogP contribution >= 0.6 is 0 Å². The lowest BCUT2D eigenvalue weighted by Crippen LogP contribution is -2.32. The number of aromatic nitrogens is 2. The van der Waals surface area contributed by atoms with Gasteiger partial charge in [0.1, 0.15) is 11.9 Å². The number of carboxylic acid groups (broad SMARTS) is 1. The number of imidazole rings is 1. The van der Waals surface area contributed by atoms with Crippen LogP contribution in [0.25, 0.3) is 21.8 Å². The van der Waals surface area contributed by atoms with E-state index in [-0.39, 0.29) is 6.42 Å². The standard InChI is InChI=1S/C15H15N3O2/c1-8-2-3-9-5-12-13(6-10(9)4-8)18-14(17-12)7-11(16)15(19)20/h2-6,11H,7,16H2,1H3,(H,17,18)(H,19,20)/t11-/m0/s1. The predicted octanol–water partition coefficient (Wildman–Crippen LogP) is 1.98. The number of nitrogens with two attached hydrogens (primary N) is 1. The zero-order chi connectivity index (χ0) is 14.3. The molecule has 1 atom stereocenters. The second-order valence-electron chi connectivity index (χ2n) is 5.05. The Morgan fingerprint density at radius 2 is 2.15 bits per heavy atom. The van der Waals surface area contributed by atoms with Gasteiger partial charge in [-0.25, -0.2) is 4.98 Å². The first kappa shape index (κ1) is 12.6. The molecule has 1 aromatic heterocycles. The minimum atomic E-state index is -1.02. The Balaban J connectivity index is 2.06. The van der Waals surface area contributed by atoms with Crippen LogP contribution in [0.1, 0.15) is 11.4 Å². The first-order chi connectivity index (χ1) is 9.52. The minimum absolute atomic E-state index is 0.194. The van der Waals surface area contributed by atoms with Gasteiger partial charge in [-0.1, -0.05) is 23.8 Å². The maximum absolute atomic E-state index is 10.8. The van der Waals surface area contributed by atoms with E-state index in [0.29, 0.717) is 5.82 Å². The molecule has 0 saturated heterocycles. The van der Waals surface area contributed by atoms with Gasteiger partial charge in [-0.2, -0.15) is 0 Å². The number of nitrogens with zero attached hydrogens (tertiary/aromatic N) is 1. The molecule has 0 saturated carbocycles. The summed E-state index contributed by atoms with van der Waals surface area (Å²) < 4.78 is 0. The molecule has 2 aromatic carbocycles. The van der Waals surface area contributed by atoms with Crippen molar-refractivity contribution in [1.82, 2.24) is 9.97 Å². The lowest BCUT2D eigenvalue weighted by molar-refractivity contribution is -0.138. The maximum atomic E-state index is 10.8. The summed E-state index contributed by atoms with van der Waals surface area (Å²) in [6, 6.07) is 9.31. The van der Waals surface area contributed by atoms with Crippen molar-refractivity contribution in [2.24, 2.45) is 5.73 Å². The topological polar surface area (TPSA) is 92.0 Å². The molecule has 5 nitrogen and oxygen atoms in total. The molecule has 20 heavy (non-hydrogen) atoms. The van der Waals surface area contributed by atoms with Crippen molar-refractivity contribution >= 4 is 27.8 Å². The number of nitrogens with one attached hydrogen (secondary N) is 1. The molecular weight excluding hydrogens is 254 g/mol. The summed E-state index contributed by atoms with van der Waals surface area (Å²) in [5.41, 5.74) is 8.46. The Hall–Kier alpha value is -2.40. The highest BCUT2D eigenvalue weighted by Crippen LogP contribution is 2.22. The number of hydrogen-bond acceptors (Lipinski definition) is 3. The first-order valence-corrected chi connectivity index (χ1v) is 6.40. The van der Waals surface area contributed by atoms with Gasteiger partial charge in [-0.15, -0.1) is 0 Å². The fourth-order valence-corrected chi connectivity index (χ4v) is 2.32. The fourth-order valence-electron chi connectivity index (χ4n) is 2.32. The molecule has 0 unspecified atom stereocenters. The zero-order valence-corrected chi connectivity index (χ0v) is 11.1. The van der Waals surface area contributed by atoms with E-state index in [4.69, 9.17) is 10.8 Å². The van der Waals surface area contributed by atoms with Crippen molar-refractivity contribution in [2.45, 2.75) is 19.4 Å². The van der Waals surface area contributed by atoms with Crippen LogP contribution in [0, 0.1) is 6.92 Å². The third kappa shape index (κ3) is 2.23. The summed E-state index contributed by atoms with van der Waals surface area (Å²) in [6.45, 7) is 2.05. The van der Waals surface area contributed by atoms with E-state index >= 15 is 0 Å².